The van der Waals surface area contributed by atoms with Gasteiger partial charge in [-0.15, -0.1) is 0 Å². The van der Waals surface area contributed by atoms with Crippen LogP contribution in [-0.4, -0.2) is 23.3 Å². The zero-order chi connectivity index (χ0) is 14.4. The lowest BCUT2D eigenvalue weighted by Gasteiger charge is -2.12. The number of hydrogen-bond donors (Lipinski definition) is 3. The second-order valence-corrected chi connectivity index (χ2v) is 5.61. The number of phenols is 1. The number of benzene rings is 2. The van der Waals surface area contributed by atoms with E-state index in [1.54, 1.807) is 12.1 Å². The van der Waals surface area contributed by atoms with Gasteiger partial charge in [0, 0.05) is 11.0 Å². The van der Waals surface area contributed by atoms with Crippen molar-refractivity contribution >= 4 is 15.9 Å². The third-order valence-electron chi connectivity index (χ3n) is 3.10. The highest BCUT2D eigenvalue weighted by Crippen LogP contribution is 2.17. The van der Waals surface area contributed by atoms with E-state index in [-0.39, 0.29) is 5.75 Å². The number of halogens is 1. The first-order valence-electron chi connectivity index (χ1n) is 6.57. The van der Waals surface area contributed by atoms with Crippen LogP contribution in [0.1, 0.15) is 17.2 Å². The van der Waals surface area contributed by atoms with Crippen LogP contribution in [0.15, 0.2) is 53.0 Å². The van der Waals surface area contributed by atoms with E-state index in [1.807, 2.05) is 36.4 Å². The SMILES string of the molecule is Oc1ccc(CCNC[C@H](O)c2cccc(Br)c2)cc1. The summed E-state index contributed by atoms with van der Waals surface area (Å²) in [6, 6.07) is 14.9. The summed E-state index contributed by atoms with van der Waals surface area (Å²) in [4.78, 5) is 0. The van der Waals surface area contributed by atoms with Gasteiger partial charge in [0.2, 0.25) is 0 Å². The highest BCUT2D eigenvalue weighted by Gasteiger charge is 2.06. The lowest BCUT2D eigenvalue weighted by atomic mass is 10.1. The Morgan fingerprint density at radius 1 is 1.10 bits per heavy atom. The molecule has 0 spiro atoms. The third-order valence-corrected chi connectivity index (χ3v) is 3.59. The Morgan fingerprint density at radius 2 is 1.85 bits per heavy atom. The molecule has 4 heteroatoms. The maximum Gasteiger partial charge on any atom is 0.115 e. The molecule has 0 aliphatic carbocycles. The zero-order valence-electron chi connectivity index (χ0n) is 11.1. The van der Waals surface area contributed by atoms with Crippen molar-refractivity contribution < 1.29 is 10.2 Å². The molecule has 2 aromatic rings. The van der Waals surface area contributed by atoms with Gasteiger partial charge >= 0.3 is 0 Å². The fraction of sp³-hybridized carbons (Fsp3) is 0.250. The second-order valence-electron chi connectivity index (χ2n) is 4.69. The predicted octanol–water partition coefficient (Wildman–Crippen LogP) is 3.02. The van der Waals surface area contributed by atoms with Gasteiger partial charge in [0.05, 0.1) is 6.10 Å². The third kappa shape index (κ3) is 4.63. The molecule has 0 radical (unpaired) electrons. The highest BCUT2D eigenvalue weighted by molar-refractivity contribution is 9.10. The maximum atomic E-state index is 10.1. The standard InChI is InChI=1S/C16H18BrNO2/c17-14-3-1-2-13(10-14)16(20)11-18-9-8-12-4-6-15(19)7-5-12/h1-7,10,16,18-20H,8-9,11H2/t16-/m0/s1. The lowest BCUT2D eigenvalue weighted by Crippen LogP contribution is -2.23. The van der Waals surface area contributed by atoms with E-state index in [0.29, 0.717) is 6.54 Å². The number of hydrogen-bond acceptors (Lipinski definition) is 3. The fourth-order valence-electron chi connectivity index (χ4n) is 1.97. The molecular formula is C16H18BrNO2. The molecule has 0 unspecified atom stereocenters. The number of aliphatic hydroxyl groups excluding tert-OH is 1. The number of aromatic hydroxyl groups is 1. The quantitative estimate of drug-likeness (QED) is 0.711. The van der Waals surface area contributed by atoms with Crippen molar-refractivity contribution in [3.05, 3.63) is 64.1 Å². The minimum Gasteiger partial charge on any atom is -0.508 e. The van der Waals surface area contributed by atoms with Gasteiger partial charge < -0.3 is 15.5 Å². The Morgan fingerprint density at radius 3 is 2.55 bits per heavy atom. The Labute approximate surface area is 127 Å². The zero-order valence-corrected chi connectivity index (χ0v) is 12.7. The Kier molecular flexibility index (Phi) is 5.59. The van der Waals surface area contributed by atoms with Crippen LogP contribution in [0.25, 0.3) is 0 Å². The summed E-state index contributed by atoms with van der Waals surface area (Å²) in [6.45, 7) is 1.31. The molecule has 0 aromatic heterocycles. The second kappa shape index (κ2) is 7.43. The number of nitrogens with one attached hydrogen (secondary N) is 1. The largest absolute Gasteiger partial charge is 0.508 e. The molecule has 0 aliphatic rings. The van der Waals surface area contributed by atoms with Crippen LogP contribution in [-0.2, 0) is 6.42 Å². The highest BCUT2D eigenvalue weighted by atomic mass is 79.9. The van der Waals surface area contributed by atoms with Crippen LogP contribution in [0.3, 0.4) is 0 Å². The topological polar surface area (TPSA) is 52.5 Å². The van der Waals surface area contributed by atoms with Crippen LogP contribution in [0.2, 0.25) is 0 Å². The van der Waals surface area contributed by atoms with Crippen molar-refractivity contribution in [3.63, 3.8) is 0 Å². The Balaban J connectivity index is 1.74. The number of rotatable bonds is 6. The molecule has 0 fully saturated rings. The van der Waals surface area contributed by atoms with E-state index in [0.717, 1.165) is 28.6 Å². The first-order valence-corrected chi connectivity index (χ1v) is 7.36. The Bertz CT molecular complexity index is 542. The minimum absolute atomic E-state index is 0.284. The van der Waals surface area contributed by atoms with Crippen molar-refractivity contribution in [3.8, 4) is 5.75 Å². The van der Waals surface area contributed by atoms with Crippen molar-refractivity contribution in [1.29, 1.82) is 0 Å². The Hall–Kier alpha value is -1.36. The molecule has 0 amide bonds. The summed E-state index contributed by atoms with van der Waals surface area (Å²) in [5.74, 6) is 0.284. The first kappa shape index (κ1) is 15.0. The summed E-state index contributed by atoms with van der Waals surface area (Å²) in [6.07, 6.45) is 0.359. The van der Waals surface area contributed by atoms with E-state index in [2.05, 4.69) is 21.2 Å². The van der Waals surface area contributed by atoms with Crippen LogP contribution in [0, 0.1) is 0 Å². The van der Waals surface area contributed by atoms with Crippen LogP contribution in [0.4, 0.5) is 0 Å². The average molecular weight is 336 g/mol. The van der Waals surface area contributed by atoms with Gasteiger partial charge in [0.25, 0.3) is 0 Å². The number of aliphatic hydroxyl groups is 1. The molecule has 0 heterocycles. The maximum absolute atomic E-state index is 10.1. The van der Waals surface area contributed by atoms with Crippen molar-refractivity contribution in [2.24, 2.45) is 0 Å². The van der Waals surface area contributed by atoms with Gasteiger partial charge in [0.15, 0.2) is 0 Å². The summed E-state index contributed by atoms with van der Waals surface area (Å²) < 4.78 is 0.971. The molecule has 20 heavy (non-hydrogen) atoms. The molecule has 2 aromatic carbocycles. The molecule has 0 saturated heterocycles. The van der Waals surface area contributed by atoms with E-state index < -0.39 is 6.10 Å². The predicted molar refractivity (Wildman–Crippen MR) is 83.8 cm³/mol. The molecule has 106 valence electrons. The van der Waals surface area contributed by atoms with Crippen LogP contribution < -0.4 is 5.32 Å². The molecule has 2 rings (SSSR count). The minimum atomic E-state index is -0.507. The van der Waals surface area contributed by atoms with Gasteiger partial charge in [-0.3, -0.25) is 0 Å². The van der Waals surface area contributed by atoms with Gasteiger partial charge in [0.1, 0.15) is 5.75 Å². The monoisotopic (exact) mass is 335 g/mol. The van der Waals surface area contributed by atoms with E-state index in [4.69, 9.17) is 0 Å². The van der Waals surface area contributed by atoms with Crippen molar-refractivity contribution in [1.82, 2.24) is 5.32 Å². The molecule has 0 saturated carbocycles. The smallest absolute Gasteiger partial charge is 0.115 e. The van der Waals surface area contributed by atoms with Gasteiger partial charge in [-0.05, 0) is 48.4 Å². The van der Waals surface area contributed by atoms with Gasteiger partial charge in [-0.1, -0.05) is 40.2 Å². The lowest BCUT2D eigenvalue weighted by molar-refractivity contribution is 0.175. The summed E-state index contributed by atoms with van der Waals surface area (Å²) in [5, 5.41) is 22.5. The summed E-state index contributed by atoms with van der Waals surface area (Å²) in [7, 11) is 0. The van der Waals surface area contributed by atoms with Gasteiger partial charge in [-0.25, -0.2) is 0 Å². The fourth-order valence-corrected chi connectivity index (χ4v) is 2.38. The average Bonchev–Trinajstić information content (AvgIpc) is 2.45. The van der Waals surface area contributed by atoms with Gasteiger partial charge in [-0.2, -0.15) is 0 Å². The summed E-state index contributed by atoms with van der Waals surface area (Å²) >= 11 is 3.40. The van der Waals surface area contributed by atoms with Crippen LogP contribution in [0.5, 0.6) is 5.75 Å². The molecule has 3 nitrogen and oxygen atoms in total. The van der Waals surface area contributed by atoms with E-state index >= 15 is 0 Å². The first-order chi connectivity index (χ1) is 9.65. The van der Waals surface area contributed by atoms with Crippen LogP contribution >= 0.6 is 15.9 Å². The van der Waals surface area contributed by atoms with E-state index in [9.17, 15) is 10.2 Å². The number of phenolic OH excluding ortho intramolecular Hbond substituents is 1. The molecule has 1 atom stereocenters. The molecule has 3 N–H and O–H groups in total. The van der Waals surface area contributed by atoms with Crippen molar-refractivity contribution in [2.45, 2.75) is 12.5 Å². The molecule has 0 aliphatic heterocycles. The normalized spacial score (nSPS) is 12.3. The molecular weight excluding hydrogens is 318 g/mol. The van der Waals surface area contributed by atoms with Crippen molar-refractivity contribution in [2.75, 3.05) is 13.1 Å². The molecule has 0 bridgehead atoms. The summed E-state index contributed by atoms with van der Waals surface area (Å²) in [5.41, 5.74) is 2.06. The van der Waals surface area contributed by atoms with E-state index in [1.165, 1.54) is 0 Å².